The van der Waals surface area contributed by atoms with Crippen LogP contribution in [0.15, 0.2) is 6.20 Å². The van der Waals surface area contributed by atoms with E-state index in [1.807, 2.05) is 19.0 Å². The Labute approximate surface area is 80.7 Å². The van der Waals surface area contributed by atoms with Crippen molar-refractivity contribution in [2.75, 3.05) is 14.1 Å². The Morgan fingerprint density at radius 2 is 2.58 bits per heavy atom. The third-order valence-electron chi connectivity index (χ3n) is 1.36. The van der Waals surface area contributed by atoms with E-state index in [-0.39, 0.29) is 0 Å². The fourth-order valence-corrected chi connectivity index (χ4v) is 1.36. The van der Waals surface area contributed by atoms with E-state index in [2.05, 4.69) is 14.9 Å². The minimum atomic E-state index is 0.725. The quantitative estimate of drug-likeness (QED) is 0.706. The van der Waals surface area contributed by atoms with Crippen molar-refractivity contribution in [1.82, 2.24) is 19.8 Å². The summed E-state index contributed by atoms with van der Waals surface area (Å²) in [7, 11) is 3.74. The molecule has 0 radical (unpaired) electrons. The summed E-state index contributed by atoms with van der Waals surface area (Å²) in [5.74, 6) is 0. The van der Waals surface area contributed by atoms with Gasteiger partial charge in [0.05, 0.1) is 17.6 Å². The molecule has 0 amide bonds. The van der Waals surface area contributed by atoms with Gasteiger partial charge in [0.15, 0.2) is 5.11 Å². The summed E-state index contributed by atoms with van der Waals surface area (Å²) >= 11 is 6.42. The van der Waals surface area contributed by atoms with Crippen LogP contribution in [-0.4, -0.2) is 33.7 Å². The van der Waals surface area contributed by atoms with Crippen molar-refractivity contribution in [1.29, 1.82) is 0 Å². The van der Waals surface area contributed by atoms with Crippen molar-refractivity contribution in [2.24, 2.45) is 0 Å². The Morgan fingerprint density at radius 1 is 1.83 bits per heavy atom. The van der Waals surface area contributed by atoms with Crippen LogP contribution in [0.4, 0.5) is 0 Å². The van der Waals surface area contributed by atoms with Gasteiger partial charge in [0.1, 0.15) is 0 Å². The van der Waals surface area contributed by atoms with Crippen molar-refractivity contribution in [2.45, 2.75) is 6.54 Å². The third-order valence-corrected chi connectivity index (χ3v) is 2.52. The lowest BCUT2D eigenvalue weighted by Gasteiger charge is -2.17. The zero-order valence-electron chi connectivity index (χ0n) is 6.94. The van der Waals surface area contributed by atoms with Gasteiger partial charge in [-0.1, -0.05) is 4.49 Å². The predicted molar refractivity (Wildman–Crippen MR) is 53.0 cm³/mol. The number of rotatable bonds is 2. The normalized spacial score (nSPS) is 9.50. The lowest BCUT2D eigenvalue weighted by Crippen LogP contribution is -2.33. The van der Waals surface area contributed by atoms with Gasteiger partial charge >= 0.3 is 0 Å². The lowest BCUT2D eigenvalue weighted by molar-refractivity contribution is 0.499. The molecule has 0 bridgehead atoms. The molecule has 1 aromatic heterocycles. The molecule has 0 aliphatic heterocycles. The fraction of sp³-hybridized carbons (Fsp3) is 0.500. The minimum absolute atomic E-state index is 0.725. The van der Waals surface area contributed by atoms with Crippen LogP contribution < -0.4 is 5.32 Å². The van der Waals surface area contributed by atoms with Crippen LogP contribution in [0.2, 0.25) is 0 Å². The maximum Gasteiger partial charge on any atom is 0.168 e. The highest BCUT2D eigenvalue weighted by Crippen LogP contribution is 2.04. The Balaban J connectivity index is 2.47. The first-order valence-electron chi connectivity index (χ1n) is 3.43. The zero-order chi connectivity index (χ0) is 8.97. The molecule has 1 N–H and O–H groups in total. The zero-order valence-corrected chi connectivity index (χ0v) is 8.58. The molecular weight excluding hydrogens is 192 g/mol. The van der Waals surface area contributed by atoms with Crippen LogP contribution in [0.3, 0.4) is 0 Å². The van der Waals surface area contributed by atoms with E-state index >= 15 is 0 Å². The Bertz CT molecular complexity index is 246. The number of thiocarbonyl (C=S) groups is 1. The number of nitrogens with zero attached hydrogens (tertiary/aromatic N) is 3. The van der Waals surface area contributed by atoms with E-state index in [0.717, 1.165) is 16.5 Å². The van der Waals surface area contributed by atoms with E-state index in [1.165, 1.54) is 11.5 Å². The molecule has 0 atom stereocenters. The monoisotopic (exact) mass is 202 g/mol. The molecule has 0 saturated carbocycles. The molecule has 0 spiro atoms. The molecule has 6 heteroatoms. The molecule has 0 aromatic carbocycles. The highest BCUT2D eigenvalue weighted by atomic mass is 32.1. The summed E-state index contributed by atoms with van der Waals surface area (Å²) in [4.78, 5) is 3.04. The van der Waals surface area contributed by atoms with Gasteiger partial charge in [-0.25, -0.2) is 0 Å². The minimum Gasteiger partial charge on any atom is -0.366 e. The van der Waals surface area contributed by atoms with E-state index in [0.29, 0.717) is 0 Å². The van der Waals surface area contributed by atoms with Crippen molar-refractivity contribution in [3.63, 3.8) is 0 Å². The Kier molecular flexibility index (Phi) is 3.36. The van der Waals surface area contributed by atoms with Gasteiger partial charge in [0.2, 0.25) is 0 Å². The lowest BCUT2D eigenvalue weighted by atomic mass is 10.5. The van der Waals surface area contributed by atoms with Crippen LogP contribution in [0.25, 0.3) is 0 Å². The van der Waals surface area contributed by atoms with Crippen LogP contribution in [0, 0.1) is 0 Å². The highest BCUT2D eigenvalue weighted by Gasteiger charge is 2.03. The van der Waals surface area contributed by atoms with Crippen LogP contribution in [0.5, 0.6) is 0 Å². The third kappa shape index (κ3) is 2.38. The first kappa shape index (κ1) is 9.34. The van der Waals surface area contributed by atoms with E-state index in [1.54, 1.807) is 6.20 Å². The maximum atomic E-state index is 5.03. The fourth-order valence-electron chi connectivity index (χ4n) is 0.754. The first-order valence-corrected chi connectivity index (χ1v) is 4.61. The standard InChI is InChI=1S/C6H10N4S2/c1-7-6(11)10(2)4-5-3-8-9-12-5/h3H,4H2,1-2H3,(H,7,11). The number of hydrogen-bond donors (Lipinski definition) is 1. The van der Waals surface area contributed by atoms with E-state index in [9.17, 15) is 0 Å². The molecule has 1 rings (SSSR count). The summed E-state index contributed by atoms with van der Waals surface area (Å²) in [5, 5.41) is 7.36. The van der Waals surface area contributed by atoms with Crippen LogP contribution in [0.1, 0.15) is 4.88 Å². The number of hydrogen-bond acceptors (Lipinski definition) is 4. The largest absolute Gasteiger partial charge is 0.366 e. The summed E-state index contributed by atoms with van der Waals surface area (Å²) in [6.45, 7) is 0.761. The van der Waals surface area contributed by atoms with Crippen molar-refractivity contribution in [3.05, 3.63) is 11.1 Å². The van der Waals surface area contributed by atoms with Crippen LogP contribution in [-0.2, 0) is 6.54 Å². The molecule has 0 unspecified atom stereocenters. The Morgan fingerprint density at radius 3 is 3.08 bits per heavy atom. The second-order valence-electron chi connectivity index (χ2n) is 2.30. The predicted octanol–water partition coefficient (Wildman–Crippen LogP) is 0.474. The molecule has 4 nitrogen and oxygen atoms in total. The van der Waals surface area contributed by atoms with Gasteiger partial charge in [0.25, 0.3) is 0 Å². The molecule has 1 heterocycles. The summed E-state index contributed by atoms with van der Waals surface area (Å²) in [5.41, 5.74) is 0. The van der Waals surface area contributed by atoms with Gasteiger partial charge in [0, 0.05) is 14.1 Å². The average Bonchev–Trinajstić information content (AvgIpc) is 2.55. The first-order chi connectivity index (χ1) is 5.74. The molecule has 66 valence electrons. The van der Waals surface area contributed by atoms with E-state index < -0.39 is 0 Å². The number of aromatic nitrogens is 2. The molecule has 0 aliphatic rings. The summed E-state index contributed by atoms with van der Waals surface area (Å²) < 4.78 is 3.76. The van der Waals surface area contributed by atoms with Gasteiger partial charge in [-0.05, 0) is 23.8 Å². The molecule has 0 aliphatic carbocycles. The summed E-state index contributed by atoms with van der Waals surface area (Å²) in [6, 6.07) is 0. The Hall–Kier alpha value is -0.750. The SMILES string of the molecule is CNC(=S)N(C)Cc1cnns1. The smallest absolute Gasteiger partial charge is 0.168 e. The highest BCUT2D eigenvalue weighted by molar-refractivity contribution is 7.80. The van der Waals surface area contributed by atoms with Gasteiger partial charge < -0.3 is 10.2 Å². The number of nitrogens with one attached hydrogen (secondary N) is 1. The van der Waals surface area contributed by atoms with Crippen LogP contribution >= 0.6 is 23.8 Å². The van der Waals surface area contributed by atoms with Crippen molar-refractivity contribution < 1.29 is 0 Å². The topological polar surface area (TPSA) is 41.0 Å². The molecule has 1 aromatic rings. The van der Waals surface area contributed by atoms with Crippen molar-refractivity contribution in [3.8, 4) is 0 Å². The average molecular weight is 202 g/mol. The molecule has 0 fully saturated rings. The molecule has 0 saturated heterocycles. The van der Waals surface area contributed by atoms with E-state index in [4.69, 9.17) is 12.2 Å². The van der Waals surface area contributed by atoms with Gasteiger partial charge in [-0.2, -0.15) is 0 Å². The van der Waals surface area contributed by atoms with Gasteiger partial charge in [-0.15, -0.1) is 5.10 Å². The summed E-state index contributed by atoms with van der Waals surface area (Å²) in [6.07, 6.45) is 1.75. The second kappa shape index (κ2) is 4.32. The van der Waals surface area contributed by atoms with Crippen molar-refractivity contribution >= 4 is 28.9 Å². The molecular formula is C6H10N4S2. The maximum absolute atomic E-state index is 5.03. The molecule has 12 heavy (non-hydrogen) atoms. The van der Waals surface area contributed by atoms with Gasteiger partial charge in [-0.3, -0.25) is 0 Å². The second-order valence-corrected chi connectivity index (χ2v) is 3.55.